The summed E-state index contributed by atoms with van der Waals surface area (Å²) in [6.07, 6.45) is 3.74. The Kier molecular flexibility index (Phi) is 14.5. The van der Waals surface area contributed by atoms with E-state index in [0.717, 1.165) is 59.3 Å². The van der Waals surface area contributed by atoms with E-state index < -0.39 is 6.09 Å². The van der Waals surface area contributed by atoms with Gasteiger partial charge < -0.3 is 35.3 Å². The second-order valence-corrected chi connectivity index (χ2v) is 14.5. The van der Waals surface area contributed by atoms with Gasteiger partial charge in [-0.15, -0.1) is 0 Å². The van der Waals surface area contributed by atoms with Crippen molar-refractivity contribution >= 4 is 40.2 Å². The minimum atomic E-state index is -0.457. The molecule has 6 rings (SSSR count). The van der Waals surface area contributed by atoms with Crippen LogP contribution in [0.25, 0.3) is 22.0 Å². The fraction of sp³-hybridized carbons (Fsp3) is 0.333. The molecule has 0 bridgehead atoms. The Bertz CT molecular complexity index is 2170. The predicted octanol–water partition coefficient (Wildman–Crippen LogP) is 6.90. The van der Waals surface area contributed by atoms with Gasteiger partial charge in [0.1, 0.15) is 11.9 Å². The van der Waals surface area contributed by atoms with Gasteiger partial charge >= 0.3 is 6.09 Å². The number of pyridine rings is 1. The van der Waals surface area contributed by atoms with Crippen molar-refractivity contribution < 1.29 is 24.2 Å². The summed E-state index contributed by atoms with van der Waals surface area (Å²) in [5, 5.41) is 20.2. The number of unbranched alkanes of at least 4 members (excludes halogenated alkanes) is 1. The largest absolute Gasteiger partial charge is 0.506 e. The van der Waals surface area contributed by atoms with E-state index in [1.54, 1.807) is 17.0 Å². The summed E-state index contributed by atoms with van der Waals surface area (Å²) < 4.78 is 5.76. The molecular weight excluding hydrogens is 721 g/mol. The van der Waals surface area contributed by atoms with Crippen molar-refractivity contribution in [2.45, 2.75) is 57.6 Å². The molecule has 0 saturated carbocycles. The number of phenolic OH excluding ortho intramolecular Hbond substituents is 1. The highest BCUT2D eigenvalue weighted by molar-refractivity contribution is 5.92. The van der Waals surface area contributed by atoms with Gasteiger partial charge in [-0.2, -0.15) is 0 Å². The fourth-order valence-corrected chi connectivity index (χ4v) is 7.11. The van der Waals surface area contributed by atoms with Crippen molar-refractivity contribution in [3.63, 3.8) is 0 Å². The molecule has 12 heteroatoms. The van der Waals surface area contributed by atoms with Crippen molar-refractivity contribution in [1.29, 1.82) is 0 Å². The molecule has 0 spiro atoms. The number of benzene rings is 4. The second kappa shape index (κ2) is 20.3. The number of amides is 3. The van der Waals surface area contributed by atoms with Crippen molar-refractivity contribution in [2.24, 2.45) is 0 Å². The van der Waals surface area contributed by atoms with E-state index >= 15 is 0 Å². The zero-order valence-electron chi connectivity index (χ0n) is 32.5. The number of ether oxygens (including phenoxy) is 1. The van der Waals surface area contributed by atoms with Gasteiger partial charge in [-0.1, -0.05) is 66.7 Å². The number of carbonyl (C=O) groups excluding carboxylic acids is 3. The molecule has 4 aromatic carbocycles. The minimum absolute atomic E-state index is 0.0563. The lowest BCUT2D eigenvalue weighted by molar-refractivity contribution is -0.130. The van der Waals surface area contributed by atoms with Crippen LogP contribution in [0, 0.1) is 0 Å². The zero-order chi connectivity index (χ0) is 40.0. The Morgan fingerprint density at radius 2 is 1.61 bits per heavy atom. The first-order valence-corrected chi connectivity index (χ1v) is 19.7. The molecule has 0 radical (unpaired) electrons. The Hall–Kier alpha value is -5.98. The van der Waals surface area contributed by atoms with Gasteiger partial charge in [0.2, 0.25) is 17.4 Å². The molecule has 1 saturated heterocycles. The average Bonchev–Trinajstić information content (AvgIpc) is 3.22. The summed E-state index contributed by atoms with van der Waals surface area (Å²) in [6, 6.07) is 32.0. The summed E-state index contributed by atoms with van der Waals surface area (Å²) in [7, 11) is 1.81. The number of nitrogens with zero attached hydrogens (tertiary/aromatic N) is 2. The molecule has 1 aliphatic heterocycles. The summed E-state index contributed by atoms with van der Waals surface area (Å²) >= 11 is 0. The number of carbonyl (C=O) groups is 3. The third-order valence-electron chi connectivity index (χ3n) is 10.4. The molecule has 1 fully saturated rings. The standard InChI is InChI=1S/C45H52N6O6/c1-50(43(55)25-30-51-28-23-36(24-29-51)57-45(56)48-39-12-6-5-11-37(39)33-9-3-2-4-10-33)27-8-7-13-41(53)47-35-17-14-32(15-18-35)31-46-26-22-34-16-20-40(52)44-38(34)19-21-42(54)49-44/h2-6,9-12,14-21,36,46,52H,7-8,13,22-31H2,1H3,(H,47,53)(H,48,56)(H,49,54). The number of fused-ring (bicyclic) bond motifs is 1. The number of nitrogens with one attached hydrogen (secondary N) is 4. The molecule has 0 unspecified atom stereocenters. The van der Waals surface area contributed by atoms with Gasteiger partial charge in [0.25, 0.3) is 0 Å². The van der Waals surface area contributed by atoms with Crippen LogP contribution in [0.15, 0.2) is 108 Å². The van der Waals surface area contributed by atoms with Gasteiger partial charge in [0.15, 0.2) is 0 Å². The predicted molar refractivity (Wildman–Crippen MR) is 224 cm³/mol. The maximum atomic E-state index is 12.8. The topological polar surface area (TPSA) is 156 Å². The van der Waals surface area contributed by atoms with Crippen molar-refractivity contribution in [3.8, 4) is 16.9 Å². The van der Waals surface area contributed by atoms with Crippen LogP contribution in [-0.4, -0.2) is 83.7 Å². The second-order valence-electron chi connectivity index (χ2n) is 14.5. The third-order valence-corrected chi connectivity index (χ3v) is 10.4. The Balaban J connectivity index is 0.806. The van der Waals surface area contributed by atoms with Crippen LogP contribution < -0.4 is 21.5 Å². The minimum Gasteiger partial charge on any atom is -0.506 e. The maximum Gasteiger partial charge on any atom is 0.411 e. The van der Waals surface area contributed by atoms with Gasteiger partial charge in [0, 0.05) is 75.3 Å². The Labute approximate surface area is 333 Å². The molecule has 2 heterocycles. The highest BCUT2D eigenvalue weighted by Gasteiger charge is 2.23. The van der Waals surface area contributed by atoms with Crippen LogP contribution >= 0.6 is 0 Å². The van der Waals surface area contributed by atoms with Crippen molar-refractivity contribution in [2.75, 3.05) is 50.4 Å². The highest BCUT2D eigenvalue weighted by atomic mass is 16.6. The molecule has 5 N–H and O–H groups in total. The third kappa shape index (κ3) is 12.0. The van der Waals surface area contributed by atoms with Crippen LogP contribution in [-0.2, 0) is 27.3 Å². The first kappa shape index (κ1) is 40.7. The molecule has 1 aromatic heterocycles. The van der Waals surface area contributed by atoms with Crippen molar-refractivity contribution in [1.82, 2.24) is 20.1 Å². The zero-order valence-corrected chi connectivity index (χ0v) is 32.5. The highest BCUT2D eigenvalue weighted by Crippen LogP contribution is 2.28. The molecule has 57 heavy (non-hydrogen) atoms. The maximum absolute atomic E-state index is 12.8. The van der Waals surface area contributed by atoms with E-state index in [9.17, 15) is 24.3 Å². The number of aromatic amines is 1. The molecule has 5 aromatic rings. The fourth-order valence-electron chi connectivity index (χ4n) is 7.11. The number of phenols is 1. The van der Waals surface area contributed by atoms with Gasteiger partial charge in [-0.05, 0) is 85.7 Å². The summed E-state index contributed by atoms with van der Waals surface area (Å²) in [5.74, 6) is 0.0793. The van der Waals surface area contributed by atoms with Crippen LogP contribution in [0.5, 0.6) is 5.75 Å². The van der Waals surface area contributed by atoms with Crippen LogP contribution in [0.4, 0.5) is 16.2 Å². The average molecular weight is 773 g/mol. The molecule has 12 nitrogen and oxygen atoms in total. The van der Waals surface area contributed by atoms with Crippen LogP contribution in [0.3, 0.4) is 0 Å². The number of H-pyrrole nitrogens is 1. The normalized spacial score (nSPS) is 13.3. The quantitative estimate of drug-likeness (QED) is 0.0640. The van der Waals surface area contributed by atoms with Crippen LogP contribution in [0.1, 0.15) is 49.7 Å². The summed E-state index contributed by atoms with van der Waals surface area (Å²) in [6.45, 7) is 4.14. The SMILES string of the molecule is CN(CCCCC(=O)Nc1ccc(CNCCc2ccc(O)c3[nH]c(=O)ccc23)cc1)C(=O)CCN1CCC(OC(=O)Nc2ccccc2-c2ccccc2)CC1. The van der Waals surface area contributed by atoms with Crippen molar-refractivity contribution in [3.05, 3.63) is 125 Å². The number of para-hydroxylation sites is 1. The number of hydrogen-bond donors (Lipinski definition) is 5. The lowest BCUT2D eigenvalue weighted by Crippen LogP contribution is -2.40. The molecular formula is C45H52N6O6. The van der Waals surface area contributed by atoms with E-state index in [-0.39, 0.29) is 29.2 Å². The number of aromatic nitrogens is 1. The lowest BCUT2D eigenvalue weighted by atomic mass is 10.0. The molecule has 0 atom stereocenters. The van der Waals surface area contributed by atoms with Gasteiger partial charge in [-0.3, -0.25) is 19.7 Å². The first-order valence-electron chi connectivity index (χ1n) is 19.7. The number of likely N-dealkylation sites (tertiary alicyclic amines) is 1. The van der Waals surface area contributed by atoms with E-state index in [1.165, 1.54) is 6.07 Å². The summed E-state index contributed by atoms with van der Waals surface area (Å²) in [4.78, 5) is 56.5. The smallest absolute Gasteiger partial charge is 0.411 e. The van der Waals surface area contributed by atoms with E-state index in [2.05, 4.69) is 25.8 Å². The number of piperidine rings is 1. The monoisotopic (exact) mass is 772 g/mol. The van der Waals surface area contributed by atoms with Crippen LogP contribution in [0.2, 0.25) is 0 Å². The van der Waals surface area contributed by atoms with E-state index in [4.69, 9.17) is 4.74 Å². The number of aromatic hydroxyl groups is 1. The summed E-state index contributed by atoms with van der Waals surface area (Å²) in [5.41, 5.74) is 5.72. The molecule has 298 valence electrons. The number of hydrogen-bond acceptors (Lipinski definition) is 8. The first-order chi connectivity index (χ1) is 27.7. The van der Waals surface area contributed by atoms with Gasteiger partial charge in [-0.25, -0.2) is 4.79 Å². The number of anilines is 2. The van der Waals surface area contributed by atoms with Gasteiger partial charge in [0.05, 0.1) is 11.2 Å². The Morgan fingerprint density at radius 3 is 2.40 bits per heavy atom. The lowest BCUT2D eigenvalue weighted by Gasteiger charge is -2.31. The van der Waals surface area contributed by atoms with E-state index in [1.807, 2.05) is 92.0 Å². The number of rotatable bonds is 17. The molecule has 0 aliphatic carbocycles. The molecule has 1 aliphatic rings. The van der Waals surface area contributed by atoms with E-state index in [0.29, 0.717) is 69.5 Å². The molecule has 3 amide bonds. The Morgan fingerprint density at radius 1 is 0.860 bits per heavy atom.